The minimum atomic E-state index is -3.87. The molecule has 2 rings (SSSR count). The second kappa shape index (κ2) is 6.26. The summed E-state index contributed by atoms with van der Waals surface area (Å²) in [7, 11) is 1.49. The van der Waals surface area contributed by atoms with E-state index in [-0.39, 0.29) is 16.8 Å². The zero-order valence-corrected chi connectivity index (χ0v) is 15.0. The SMILES string of the molecule is CCCC1CC1NC(=O)c1cc(S(=O)(=O)Cl)cc(Br)c1C. The van der Waals surface area contributed by atoms with Crippen molar-refractivity contribution in [3.63, 3.8) is 0 Å². The van der Waals surface area contributed by atoms with Crippen LogP contribution in [0.1, 0.15) is 42.1 Å². The van der Waals surface area contributed by atoms with Crippen molar-refractivity contribution in [2.24, 2.45) is 5.92 Å². The normalized spacial score (nSPS) is 21.1. The van der Waals surface area contributed by atoms with Gasteiger partial charge in [0.05, 0.1) is 4.90 Å². The minimum absolute atomic E-state index is 0.0762. The average molecular weight is 395 g/mol. The predicted octanol–water partition coefficient (Wildman–Crippen LogP) is 3.60. The van der Waals surface area contributed by atoms with E-state index in [9.17, 15) is 13.2 Å². The second-order valence-electron chi connectivity index (χ2n) is 5.38. The summed E-state index contributed by atoms with van der Waals surface area (Å²) in [4.78, 5) is 12.3. The minimum Gasteiger partial charge on any atom is -0.349 e. The fourth-order valence-corrected chi connectivity index (χ4v) is 3.79. The van der Waals surface area contributed by atoms with Crippen LogP contribution in [-0.4, -0.2) is 20.4 Å². The number of benzene rings is 1. The predicted molar refractivity (Wildman–Crippen MR) is 86.2 cm³/mol. The van der Waals surface area contributed by atoms with Gasteiger partial charge in [0.15, 0.2) is 0 Å². The van der Waals surface area contributed by atoms with Crippen molar-refractivity contribution in [3.05, 3.63) is 27.7 Å². The van der Waals surface area contributed by atoms with Crippen LogP contribution in [0.3, 0.4) is 0 Å². The molecular weight excluding hydrogens is 378 g/mol. The van der Waals surface area contributed by atoms with E-state index in [2.05, 4.69) is 28.2 Å². The number of amides is 1. The number of rotatable bonds is 5. The highest BCUT2D eigenvalue weighted by molar-refractivity contribution is 9.10. The van der Waals surface area contributed by atoms with Crippen LogP contribution in [0.2, 0.25) is 0 Å². The monoisotopic (exact) mass is 393 g/mol. The fourth-order valence-electron chi connectivity index (χ4n) is 2.39. The van der Waals surface area contributed by atoms with Gasteiger partial charge in [-0.15, -0.1) is 0 Å². The molecule has 0 aliphatic heterocycles. The van der Waals surface area contributed by atoms with E-state index in [0.29, 0.717) is 21.5 Å². The fraction of sp³-hybridized carbons (Fsp3) is 0.500. The Kier molecular flexibility index (Phi) is 5.00. The number of carbonyl (C=O) groups is 1. The van der Waals surface area contributed by atoms with E-state index < -0.39 is 9.05 Å². The smallest absolute Gasteiger partial charge is 0.261 e. The third kappa shape index (κ3) is 3.99. The maximum absolute atomic E-state index is 12.3. The molecule has 1 aromatic rings. The summed E-state index contributed by atoms with van der Waals surface area (Å²) in [6.07, 6.45) is 3.19. The molecule has 1 fully saturated rings. The molecule has 0 saturated heterocycles. The lowest BCUT2D eigenvalue weighted by atomic mass is 10.1. The number of hydrogen-bond acceptors (Lipinski definition) is 3. The molecule has 1 amide bonds. The van der Waals surface area contributed by atoms with Crippen molar-refractivity contribution in [2.75, 3.05) is 0 Å². The quantitative estimate of drug-likeness (QED) is 0.776. The Labute approximate surface area is 137 Å². The van der Waals surface area contributed by atoms with Gasteiger partial charge in [0.1, 0.15) is 0 Å². The van der Waals surface area contributed by atoms with Crippen LogP contribution in [-0.2, 0) is 9.05 Å². The summed E-state index contributed by atoms with van der Waals surface area (Å²) in [5.41, 5.74) is 1.04. The molecular formula is C14H17BrClNO3S. The lowest BCUT2D eigenvalue weighted by molar-refractivity contribution is 0.0948. The van der Waals surface area contributed by atoms with Crippen LogP contribution >= 0.6 is 26.6 Å². The highest BCUT2D eigenvalue weighted by Crippen LogP contribution is 2.35. The summed E-state index contributed by atoms with van der Waals surface area (Å²) in [6, 6.07) is 2.94. The molecule has 0 aromatic heterocycles. The second-order valence-corrected chi connectivity index (χ2v) is 8.80. The summed E-state index contributed by atoms with van der Waals surface area (Å²) in [6.45, 7) is 3.88. The van der Waals surface area contributed by atoms with Gasteiger partial charge in [-0.1, -0.05) is 29.3 Å². The van der Waals surface area contributed by atoms with Crippen LogP contribution in [0.15, 0.2) is 21.5 Å². The third-order valence-corrected chi connectivity index (χ3v) is 5.90. The largest absolute Gasteiger partial charge is 0.349 e. The van der Waals surface area contributed by atoms with Crippen LogP contribution in [0.25, 0.3) is 0 Å². The Hall–Kier alpha value is -0.590. The Morgan fingerprint density at radius 3 is 2.71 bits per heavy atom. The highest BCUT2D eigenvalue weighted by Gasteiger charge is 2.37. The molecule has 0 heterocycles. The molecule has 7 heteroatoms. The van der Waals surface area contributed by atoms with Gasteiger partial charge in [0.2, 0.25) is 0 Å². The molecule has 2 atom stereocenters. The summed E-state index contributed by atoms with van der Waals surface area (Å²) < 4.78 is 23.5. The molecule has 1 aliphatic carbocycles. The van der Waals surface area contributed by atoms with Crippen LogP contribution in [0.5, 0.6) is 0 Å². The van der Waals surface area contributed by atoms with Gasteiger partial charge in [-0.25, -0.2) is 8.42 Å². The van der Waals surface area contributed by atoms with Crippen molar-refractivity contribution in [2.45, 2.75) is 44.0 Å². The topological polar surface area (TPSA) is 63.2 Å². The molecule has 0 spiro atoms. The standard InChI is InChI=1S/C14H17BrClNO3S/c1-3-4-9-5-13(9)17-14(18)11-6-10(21(16,19)20)7-12(15)8(11)2/h6-7,9,13H,3-5H2,1-2H3,(H,17,18). The average Bonchev–Trinajstić information content (AvgIpc) is 3.09. The van der Waals surface area contributed by atoms with Crippen molar-refractivity contribution in [3.8, 4) is 0 Å². The van der Waals surface area contributed by atoms with Crippen molar-refractivity contribution >= 4 is 41.6 Å². The Balaban J connectivity index is 2.23. The molecule has 2 unspecified atom stereocenters. The molecule has 1 N–H and O–H groups in total. The van der Waals surface area contributed by atoms with E-state index >= 15 is 0 Å². The van der Waals surface area contributed by atoms with Gasteiger partial charge in [0.25, 0.3) is 15.0 Å². The Morgan fingerprint density at radius 2 is 2.14 bits per heavy atom. The lowest BCUT2D eigenvalue weighted by Gasteiger charge is -2.10. The first-order valence-corrected chi connectivity index (χ1v) is 9.90. The van der Waals surface area contributed by atoms with Gasteiger partial charge in [-0.2, -0.15) is 0 Å². The lowest BCUT2D eigenvalue weighted by Crippen LogP contribution is -2.27. The van der Waals surface area contributed by atoms with Crippen molar-refractivity contribution in [1.82, 2.24) is 5.32 Å². The third-order valence-electron chi connectivity index (χ3n) is 3.74. The molecule has 0 radical (unpaired) electrons. The first kappa shape index (κ1) is 16.8. The number of carbonyl (C=O) groups excluding carboxylic acids is 1. The van der Waals surface area contributed by atoms with E-state index in [1.807, 2.05) is 0 Å². The summed E-state index contributed by atoms with van der Waals surface area (Å²) in [5, 5.41) is 2.95. The molecule has 1 aromatic carbocycles. The molecule has 21 heavy (non-hydrogen) atoms. The van der Waals surface area contributed by atoms with Gasteiger partial charge in [-0.3, -0.25) is 4.79 Å². The number of halogens is 2. The summed E-state index contributed by atoms with van der Waals surface area (Å²) >= 11 is 3.27. The van der Waals surface area contributed by atoms with Crippen molar-refractivity contribution < 1.29 is 13.2 Å². The molecule has 1 aliphatic rings. The Bertz CT molecular complexity index is 675. The molecule has 0 bridgehead atoms. The van der Waals surface area contributed by atoms with Crippen molar-refractivity contribution in [1.29, 1.82) is 0 Å². The maximum Gasteiger partial charge on any atom is 0.261 e. The van der Waals surface area contributed by atoms with E-state index in [4.69, 9.17) is 10.7 Å². The Morgan fingerprint density at radius 1 is 1.48 bits per heavy atom. The zero-order valence-electron chi connectivity index (χ0n) is 11.8. The maximum atomic E-state index is 12.3. The highest BCUT2D eigenvalue weighted by atomic mass is 79.9. The van der Waals surface area contributed by atoms with E-state index in [1.165, 1.54) is 12.1 Å². The summed E-state index contributed by atoms with van der Waals surface area (Å²) in [5.74, 6) is 0.293. The van der Waals surface area contributed by atoms with Gasteiger partial charge in [-0.05, 0) is 43.4 Å². The van der Waals surface area contributed by atoms with Crippen LogP contribution < -0.4 is 5.32 Å². The van der Waals surface area contributed by atoms with E-state index in [1.54, 1.807) is 6.92 Å². The van der Waals surface area contributed by atoms with E-state index in [0.717, 1.165) is 19.3 Å². The van der Waals surface area contributed by atoms with Gasteiger partial charge in [0, 0.05) is 26.8 Å². The first-order chi connectivity index (χ1) is 9.74. The molecule has 1 saturated carbocycles. The van der Waals surface area contributed by atoms with Gasteiger partial charge >= 0.3 is 0 Å². The van der Waals surface area contributed by atoms with Crippen LogP contribution in [0.4, 0.5) is 0 Å². The number of nitrogens with one attached hydrogen (secondary N) is 1. The molecule has 4 nitrogen and oxygen atoms in total. The zero-order chi connectivity index (χ0) is 15.8. The first-order valence-electron chi connectivity index (χ1n) is 6.79. The number of hydrogen-bond donors (Lipinski definition) is 1. The van der Waals surface area contributed by atoms with Crippen LogP contribution in [0, 0.1) is 12.8 Å². The molecule has 116 valence electrons. The van der Waals surface area contributed by atoms with Gasteiger partial charge < -0.3 is 5.32 Å².